The van der Waals surface area contributed by atoms with Crippen LogP contribution in [-0.4, -0.2) is 49.7 Å². The molecule has 158 valence electrons. The van der Waals surface area contributed by atoms with Crippen LogP contribution in [0.25, 0.3) is 0 Å². The van der Waals surface area contributed by atoms with Gasteiger partial charge in [-0.15, -0.1) is 0 Å². The van der Waals surface area contributed by atoms with E-state index in [2.05, 4.69) is 6.07 Å². The molecule has 0 aromatic heterocycles. The normalized spacial score (nSPS) is 17.0. The summed E-state index contributed by atoms with van der Waals surface area (Å²) < 4.78 is 10.8. The SMILES string of the molecule is O=C([O-])C[C@H](CC(=O)N1CC[NH+](Cc2ccc3c(c2)OCO3)CC1)c1ccccc1. The van der Waals surface area contributed by atoms with E-state index in [0.29, 0.717) is 13.1 Å². The second kappa shape index (κ2) is 9.17. The number of hydrogen-bond acceptors (Lipinski definition) is 5. The summed E-state index contributed by atoms with van der Waals surface area (Å²) >= 11 is 0. The summed E-state index contributed by atoms with van der Waals surface area (Å²) in [5, 5.41) is 11.2. The highest BCUT2D eigenvalue weighted by atomic mass is 16.7. The molecule has 2 aromatic rings. The van der Waals surface area contributed by atoms with E-state index in [1.54, 1.807) is 0 Å². The van der Waals surface area contributed by atoms with Gasteiger partial charge in [-0.3, -0.25) is 4.79 Å². The molecule has 1 amide bonds. The maximum Gasteiger partial charge on any atom is 0.231 e. The molecule has 1 saturated heterocycles. The minimum Gasteiger partial charge on any atom is -0.550 e. The van der Waals surface area contributed by atoms with Crippen molar-refractivity contribution in [2.75, 3.05) is 33.0 Å². The van der Waals surface area contributed by atoms with Crippen LogP contribution in [0.3, 0.4) is 0 Å². The number of quaternary nitrogens is 1. The topological polar surface area (TPSA) is 83.3 Å². The smallest absolute Gasteiger partial charge is 0.231 e. The minimum absolute atomic E-state index is 0.00670. The van der Waals surface area contributed by atoms with Gasteiger partial charge in [0.15, 0.2) is 11.5 Å². The van der Waals surface area contributed by atoms with E-state index in [9.17, 15) is 14.7 Å². The fraction of sp³-hybridized carbons (Fsp3) is 0.391. The van der Waals surface area contributed by atoms with Gasteiger partial charge in [0, 0.05) is 18.0 Å². The first-order chi connectivity index (χ1) is 14.6. The molecule has 7 nitrogen and oxygen atoms in total. The van der Waals surface area contributed by atoms with E-state index in [4.69, 9.17) is 9.47 Å². The van der Waals surface area contributed by atoms with Gasteiger partial charge in [-0.1, -0.05) is 30.3 Å². The largest absolute Gasteiger partial charge is 0.550 e. The highest BCUT2D eigenvalue weighted by Gasteiger charge is 2.26. The van der Waals surface area contributed by atoms with E-state index in [1.165, 1.54) is 10.5 Å². The Morgan fingerprint density at radius 2 is 1.73 bits per heavy atom. The number of carboxylic acid groups (broad SMARTS) is 1. The number of rotatable bonds is 7. The Balaban J connectivity index is 1.30. The van der Waals surface area contributed by atoms with E-state index in [-0.39, 0.29) is 31.5 Å². The van der Waals surface area contributed by atoms with Crippen LogP contribution in [0.2, 0.25) is 0 Å². The van der Waals surface area contributed by atoms with E-state index in [1.807, 2.05) is 47.4 Å². The lowest BCUT2D eigenvalue weighted by atomic mass is 9.92. The number of aliphatic carboxylic acids is 1. The van der Waals surface area contributed by atoms with Crippen LogP contribution in [-0.2, 0) is 16.1 Å². The molecular weight excluding hydrogens is 384 g/mol. The van der Waals surface area contributed by atoms with Crippen LogP contribution in [0.5, 0.6) is 11.5 Å². The lowest BCUT2D eigenvalue weighted by Gasteiger charge is -2.33. The average Bonchev–Trinajstić information content (AvgIpc) is 3.22. The van der Waals surface area contributed by atoms with Crippen molar-refractivity contribution in [3.8, 4) is 11.5 Å². The van der Waals surface area contributed by atoms with Gasteiger partial charge in [-0.25, -0.2) is 0 Å². The molecule has 0 bridgehead atoms. The Kier molecular flexibility index (Phi) is 6.18. The van der Waals surface area contributed by atoms with Crippen LogP contribution >= 0.6 is 0 Å². The van der Waals surface area contributed by atoms with Gasteiger partial charge < -0.3 is 29.2 Å². The summed E-state index contributed by atoms with van der Waals surface area (Å²) in [6.07, 6.45) is 0.0422. The second-order valence-electron chi connectivity index (χ2n) is 7.88. The number of carbonyl (C=O) groups is 2. The van der Waals surface area contributed by atoms with Gasteiger partial charge in [-0.2, -0.15) is 0 Å². The van der Waals surface area contributed by atoms with E-state index >= 15 is 0 Å². The Labute approximate surface area is 175 Å². The van der Waals surface area contributed by atoms with Crippen molar-refractivity contribution in [1.29, 1.82) is 0 Å². The summed E-state index contributed by atoms with van der Waals surface area (Å²) in [7, 11) is 0. The van der Waals surface area contributed by atoms with Crippen molar-refractivity contribution in [2.24, 2.45) is 0 Å². The van der Waals surface area contributed by atoms with Crippen molar-refractivity contribution in [3.63, 3.8) is 0 Å². The van der Waals surface area contributed by atoms with Crippen LogP contribution in [0, 0.1) is 0 Å². The molecule has 30 heavy (non-hydrogen) atoms. The molecule has 0 unspecified atom stereocenters. The summed E-state index contributed by atoms with van der Waals surface area (Å²) in [6.45, 7) is 4.20. The van der Waals surface area contributed by atoms with Crippen LogP contribution in [0.4, 0.5) is 0 Å². The molecule has 0 aliphatic carbocycles. The monoisotopic (exact) mass is 410 g/mol. The molecule has 0 saturated carbocycles. The first-order valence-corrected chi connectivity index (χ1v) is 10.3. The van der Waals surface area contributed by atoms with Gasteiger partial charge in [0.1, 0.15) is 6.54 Å². The predicted molar refractivity (Wildman–Crippen MR) is 107 cm³/mol. The highest BCUT2D eigenvalue weighted by Crippen LogP contribution is 2.32. The third kappa shape index (κ3) is 4.91. The minimum atomic E-state index is -1.13. The van der Waals surface area contributed by atoms with Gasteiger partial charge in [0.2, 0.25) is 12.7 Å². The van der Waals surface area contributed by atoms with Gasteiger partial charge in [0.05, 0.1) is 26.2 Å². The standard InChI is InChI=1S/C23H26N2O5/c26-22(13-19(14-23(27)28)18-4-2-1-3-5-18)25-10-8-24(9-11-25)15-17-6-7-20-21(12-17)30-16-29-20/h1-7,12,19H,8-11,13-16H2,(H,27,28)/t19-/m0/s1. The van der Waals surface area contributed by atoms with Crippen molar-refractivity contribution >= 4 is 11.9 Å². The molecule has 0 radical (unpaired) electrons. The third-order valence-electron chi connectivity index (χ3n) is 5.82. The van der Waals surface area contributed by atoms with Crippen molar-refractivity contribution in [1.82, 2.24) is 4.90 Å². The zero-order valence-electron chi connectivity index (χ0n) is 16.8. The Bertz CT molecular complexity index is 894. The molecule has 1 fully saturated rings. The zero-order chi connectivity index (χ0) is 20.9. The maximum atomic E-state index is 12.8. The van der Waals surface area contributed by atoms with Crippen molar-refractivity contribution < 1.29 is 29.1 Å². The zero-order valence-corrected chi connectivity index (χ0v) is 16.8. The van der Waals surface area contributed by atoms with Crippen LogP contribution < -0.4 is 19.5 Å². The number of carbonyl (C=O) groups excluding carboxylic acids is 2. The Hall–Kier alpha value is -3.06. The highest BCUT2D eigenvalue weighted by molar-refractivity contribution is 5.78. The summed E-state index contributed by atoms with van der Waals surface area (Å²) in [4.78, 5) is 27.3. The summed E-state index contributed by atoms with van der Waals surface area (Å²) in [6, 6.07) is 15.4. The number of fused-ring (bicyclic) bond motifs is 1. The van der Waals surface area contributed by atoms with Gasteiger partial charge in [0.25, 0.3) is 0 Å². The number of carboxylic acids is 1. The molecule has 1 atom stereocenters. The number of hydrogen-bond donors (Lipinski definition) is 1. The number of amides is 1. The predicted octanol–water partition coefficient (Wildman–Crippen LogP) is -0.0437. The van der Waals surface area contributed by atoms with Gasteiger partial charge >= 0.3 is 0 Å². The first-order valence-electron chi connectivity index (χ1n) is 10.3. The number of nitrogens with one attached hydrogen (secondary N) is 1. The third-order valence-corrected chi connectivity index (χ3v) is 5.82. The van der Waals surface area contributed by atoms with Crippen molar-refractivity contribution in [3.05, 3.63) is 59.7 Å². The molecule has 7 heteroatoms. The number of piperazine rings is 1. The number of benzene rings is 2. The Morgan fingerprint density at radius 3 is 2.47 bits per heavy atom. The summed E-state index contributed by atoms with van der Waals surface area (Å²) in [5.74, 6) is 0.0962. The number of ether oxygens (including phenoxy) is 2. The molecular formula is C23H26N2O5. The maximum absolute atomic E-state index is 12.8. The molecule has 0 spiro atoms. The molecule has 2 aliphatic heterocycles. The summed E-state index contributed by atoms with van der Waals surface area (Å²) in [5.41, 5.74) is 2.05. The molecule has 4 rings (SSSR count). The van der Waals surface area contributed by atoms with Gasteiger partial charge in [-0.05, 0) is 36.1 Å². The fourth-order valence-electron chi connectivity index (χ4n) is 4.16. The molecule has 2 aromatic carbocycles. The average molecular weight is 410 g/mol. The van der Waals surface area contributed by atoms with E-state index in [0.717, 1.165) is 36.7 Å². The number of nitrogens with zero attached hydrogens (tertiary/aromatic N) is 1. The lowest BCUT2D eigenvalue weighted by Crippen LogP contribution is -3.13. The van der Waals surface area contributed by atoms with Crippen LogP contribution in [0.1, 0.15) is 29.9 Å². The lowest BCUT2D eigenvalue weighted by molar-refractivity contribution is -0.917. The molecule has 2 aliphatic rings. The molecule has 2 heterocycles. The van der Waals surface area contributed by atoms with Crippen molar-refractivity contribution in [2.45, 2.75) is 25.3 Å². The Morgan fingerprint density at radius 1 is 1.00 bits per heavy atom. The van der Waals surface area contributed by atoms with E-state index < -0.39 is 5.97 Å². The molecule has 1 N–H and O–H groups in total. The fourth-order valence-corrected chi connectivity index (χ4v) is 4.16. The quantitative estimate of drug-likeness (QED) is 0.693. The first kappa shape index (κ1) is 20.2. The van der Waals surface area contributed by atoms with Crippen LogP contribution in [0.15, 0.2) is 48.5 Å². The second-order valence-corrected chi connectivity index (χ2v) is 7.88.